The van der Waals surface area contributed by atoms with E-state index in [0.717, 1.165) is 22.9 Å². The second-order valence-electron chi connectivity index (χ2n) is 5.40. The molecule has 0 bridgehead atoms. The largest absolute Gasteiger partial charge is 0.356 e. The molecule has 1 heterocycles. The van der Waals surface area contributed by atoms with Gasteiger partial charge in [-0.15, -0.1) is 0 Å². The minimum Gasteiger partial charge on any atom is -0.356 e. The van der Waals surface area contributed by atoms with Gasteiger partial charge in [-0.05, 0) is 54.2 Å². The summed E-state index contributed by atoms with van der Waals surface area (Å²) in [5.41, 5.74) is 1.75. The molecule has 0 spiro atoms. The zero-order chi connectivity index (χ0) is 15.4. The van der Waals surface area contributed by atoms with E-state index in [0.29, 0.717) is 25.2 Å². The summed E-state index contributed by atoms with van der Waals surface area (Å²) in [5.74, 6) is 0.191. The van der Waals surface area contributed by atoms with Crippen LogP contribution in [0.3, 0.4) is 0 Å². The molecule has 0 saturated carbocycles. The minimum absolute atomic E-state index is 0.0370. The number of amides is 2. The Balaban J connectivity index is 2.00. The first-order chi connectivity index (χ1) is 10.0. The number of nitrogens with zero attached hydrogens (tertiary/aromatic N) is 1. The zero-order valence-electron chi connectivity index (χ0n) is 12.5. The first-order valence-electron chi connectivity index (χ1n) is 7.36. The summed E-state index contributed by atoms with van der Waals surface area (Å²) in [6.07, 6.45) is 1.47. The molecule has 114 valence electrons. The lowest BCUT2D eigenvalue weighted by Gasteiger charge is -2.31. The summed E-state index contributed by atoms with van der Waals surface area (Å²) >= 11 is 3.49. The Bertz CT molecular complexity index is 537. The number of benzene rings is 1. The Hall–Kier alpha value is -1.36. The van der Waals surface area contributed by atoms with E-state index >= 15 is 0 Å². The number of hydrogen-bond acceptors (Lipinski definition) is 2. The number of nitrogens with one attached hydrogen (secondary N) is 1. The summed E-state index contributed by atoms with van der Waals surface area (Å²) in [6, 6.07) is 5.71. The van der Waals surface area contributed by atoms with Crippen molar-refractivity contribution in [3.63, 3.8) is 0 Å². The van der Waals surface area contributed by atoms with Crippen LogP contribution in [0.25, 0.3) is 0 Å². The molecule has 0 aliphatic carbocycles. The molecule has 1 N–H and O–H groups in total. The number of rotatable bonds is 3. The summed E-state index contributed by atoms with van der Waals surface area (Å²) in [6.45, 7) is 5.84. The first-order valence-corrected chi connectivity index (χ1v) is 8.16. The van der Waals surface area contributed by atoms with Gasteiger partial charge in [-0.1, -0.05) is 12.1 Å². The fourth-order valence-electron chi connectivity index (χ4n) is 2.65. The summed E-state index contributed by atoms with van der Waals surface area (Å²) < 4.78 is 0.862. The van der Waals surface area contributed by atoms with Crippen molar-refractivity contribution >= 4 is 27.7 Å². The molecule has 21 heavy (non-hydrogen) atoms. The van der Waals surface area contributed by atoms with Crippen molar-refractivity contribution in [3.8, 4) is 0 Å². The van der Waals surface area contributed by atoms with Gasteiger partial charge >= 0.3 is 0 Å². The fraction of sp³-hybridized carbons (Fsp3) is 0.500. The van der Waals surface area contributed by atoms with Crippen LogP contribution < -0.4 is 5.32 Å². The molecule has 1 aliphatic rings. The second-order valence-corrected chi connectivity index (χ2v) is 6.19. The molecule has 4 nitrogen and oxygen atoms in total. The fourth-order valence-corrected chi connectivity index (χ4v) is 3.08. The molecule has 0 atom stereocenters. The molecule has 1 saturated heterocycles. The summed E-state index contributed by atoms with van der Waals surface area (Å²) in [5, 5.41) is 2.86. The lowest BCUT2D eigenvalue weighted by Crippen LogP contribution is -2.43. The van der Waals surface area contributed by atoms with Crippen molar-refractivity contribution in [1.82, 2.24) is 10.2 Å². The van der Waals surface area contributed by atoms with Crippen molar-refractivity contribution in [2.75, 3.05) is 19.6 Å². The maximum atomic E-state index is 12.6. The van der Waals surface area contributed by atoms with Crippen molar-refractivity contribution in [1.29, 1.82) is 0 Å². The highest BCUT2D eigenvalue weighted by atomic mass is 79.9. The molecule has 2 rings (SSSR count). The van der Waals surface area contributed by atoms with Crippen LogP contribution in [0.15, 0.2) is 22.7 Å². The van der Waals surface area contributed by atoms with Crippen LogP contribution in [0.4, 0.5) is 0 Å². The minimum atomic E-state index is 0.0370. The lowest BCUT2D eigenvalue weighted by atomic mass is 9.95. The Morgan fingerprint density at radius 1 is 1.33 bits per heavy atom. The van der Waals surface area contributed by atoms with Crippen LogP contribution in [0.1, 0.15) is 35.7 Å². The van der Waals surface area contributed by atoms with Crippen LogP contribution in [0, 0.1) is 12.8 Å². The number of halogens is 1. The van der Waals surface area contributed by atoms with Gasteiger partial charge in [0.05, 0.1) is 5.56 Å². The van der Waals surface area contributed by atoms with E-state index < -0.39 is 0 Å². The van der Waals surface area contributed by atoms with E-state index in [1.807, 2.05) is 36.9 Å². The lowest BCUT2D eigenvalue weighted by molar-refractivity contribution is -0.126. The highest BCUT2D eigenvalue weighted by Crippen LogP contribution is 2.25. The Kier molecular flexibility index (Phi) is 5.39. The summed E-state index contributed by atoms with van der Waals surface area (Å²) in [7, 11) is 0. The van der Waals surface area contributed by atoms with Crippen LogP contribution in [0.2, 0.25) is 0 Å². The van der Waals surface area contributed by atoms with Gasteiger partial charge in [-0.2, -0.15) is 0 Å². The SMILES string of the molecule is CCNC(=O)C1CCN(C(=O)c2cccc(C)c2Br)CC1. The predicted molar refractivity (Wildman–Crippen MR) is 86.2 cm³/mol. The van der Waals surface area contributed by atoms with E-state index in [1.54, 1.807) is 0 Å². The van der Waals surface area contributed by atoms with Gasteiger partial charge in [0.2, 0.25) is 5.91 Å². The zero-order valence-corrected chi connectivity index (χ0v) is 14.1. The first kappa shape index (κ1) is 16.0. The maximum Gasteiger partial charge on any atom is 0.255 e. The van der Waals surface area contributed by atoms with Gasteiger partial charge in [0.1, 0.15) is 0 Å². The number of piperidine rings is 1. The number of carbonyl (C=O) groups excluding carboxylic acids is 2. The Morgan fingerprint density at radius 3 is 2.62 bits per heavy atom. The molecule has 1 aliphatic heterocycles. The highest BCUT2D eigenvalue weighted by Gasteiger charge is 2.28. The molecule has 1 fully saturated rings. The highest BCUT2D eigenvalue weighted by molar-refractivity contribution is 9.10. The number of aryl methyl sites for hydroxylation is 1. The molecule has 1 aromatic carbocycles. The van der Waals surface area contributed by atoms with Gasteiger partial charge in [0.15, 0.2) is 0 Å². The molecular weight excluding hydrogens is 332 g/mol. The third-order valence-electron chi connectivity index (χ3n) is 3.93. The Morgan fingerprint density at radius 2 is 2.00 bits per heavy atom. The second kappa shape index (κ2) is 7.07. The van der Waals surface area contributed by atoms with Gasteiger partial charge in [0.25, 0.3) is 5.91 Å². The topological polar surface area (TPSA) is 49.4 Å². The van der Waals surface area contributed by atoms with Gasteiger partial charge < -0.3 is 10.2 Å². The third kappa shape index (κ3) is 3.64. The third-order valence-corrected chi connectivity index (χ3v) is 4.98. The summed E-state index contributed by atoms with van der Waals surface area (Å²) in [4.78, 5) is 26.2. The van der Waals surface area contributed by atoms with Gasteiger partial charge in [0, 0.05) is 30.0 Å². The van der Waals surface area contributed by atoms with E-state index in [-0.39, 0.29) is 17.7 Å². The van der Waals surface area contributed by atoms with Crippen LogP contribution in [-0.2, 0) is 4.79 Å². The van der Waals surface area contributed by atoms with Crippen molar-refractivity contribution in [2.45, 2.75) is 26.7 Å². The van der Waals surface area contributed by atoms with Gasteiger partial charge in [-0.25, -0.2) is 0 Å². The van der Waals surface area contributed by atoms with Crippen molar-refractivity contribution < 1.29 is 9.59 Å². The molecule has 2 amide bonds. The van der Waals surface area contributed by atoms with Gasteiger partial charge in [-0.3, -0.25) is 9.59 Å². The number of likely N-dealkylation sites (tertiary alicyclic amines) is 1. The molecule has 0 unspecified atom stereocenters. The van der Waals surface area contributed by atoms with Crippen LogP contribution >= 0.6 is 15.9 Å². The molecule has 5 heteroatoms. The van der Waals surface area contributed by atoms with E-state index in [9.17, 15) is 9.59 Å². The van der Waals surface area contributed by atoms with Crippen molar-refractivity contribution in [3.05, 3.63) is 33.8 Å². The monoisotopic (exact) mass is 352 g/mol. The molecular formula is C16H21BrN2O2. The number of carbonyl (C=O) groups is 2. The smallest absolute Gasteiger partial charge is 0.255 e. The van der Waals surface area contributed by atoms with Crippen LogP contribution in [0.5, 0.6) is 0 Å². The quantitative estimate of drug-likeness (QED) is 0.909. The Labute approximate surface area is 134 Å². The molecule has 0 radical (unpaired) electrons. The molecule has 0 aromatic heterocycles. The van der Waals surface area contributed by atoms with Crippen molar-refractivity contribution in [2.24, 2.45) is 5.92 Å². The van der Waals surface area contributed by atoms with Crippen LogP contribution in [-0.4, -0.2) is 36.3 Å². The molecule has 1 aromatic rings. The van der Waals surface area contributed by atoms with E-state index in [1.165, 1.54) is 0 Å². The predicted octanol–water partition coefficient (Wildman–Crippen LogP) is 2.75. The average Bonchev–Trinajstić information content (AvgIpc) is 2.50. The average molecular weight is 353 g/mol. The standard InChI is InChI=1S/C16H21BrN2O2/c1-3-18-15(20)12-7-9-19(10-8-12)16(21)13-6-4-5-11(2)14(13)17/h4-6,12H,3,7-10H2,1-2H3,(H,18,20). The number of hydrogen-bond donors (Lipinski definition) is 1. The van der Waals surface area contributed by atoms with E-state index in [4.69, 9.17) is 0 Å². The normalized spacial score (nSPS) is 15.9. The van der Waals surface area contributed by atoms with E-state index in [2.05, 4.69) is 21.2 Å². The maximum absolute atomic E-state index is 12.6.